The maximum absolute atomic E-state index is 11.5. The molecule has 222 valence electrons. The predicted molar refractivity (Wildman–Crippen MR) is 135 cm³/mol. The standard InChI is InChI=1S/C27H30O14/c28-9-18-20(31)22(33)24(35)26(40-18)37-13-7-16-14(5-6-15(38-16)11-1-3-12(30)4-2-11)17(8-13)39-27-25(36)23(34)21(32)19(10-29)41-27/h1-8,18-29,31-36H,9-10H2/t18-,19-,20-,21-,22+,23+,24-,25-,26-,27-/m1/s1. The lowest BCUT2D eigenvalue weighted by atomic mass is 9.99. The second-order valence-corrected chi connectivity index (χ2v) is 9.79. The molecule has 1 aromatic rings. The summed E-state index contributed by atoms with van der Waals surface area (Å²) in [5, 5.41) is 80.5. The summed E-state index contributed by atoms with van der Waals surface area (Å²) >= 11 is 0. The van der Waals surface area contributed by atoms with Crippen LogP contribution in [-0.4, -0.2) is 121 Å². The van der Waals surface area contributed by atoms with Gasteiger partial charge in [-0.2, -0.15) is 0 Å². The highest BCUT2D eigenvalue weighted by atomic mass is 16.7. The summed E-state index contributed by atoms with van der Waals surface area (Å²) in [6.07, 6.45) is -6.56. The van der Waals surface area contributed by atoms with Crippen LogP contribution in [0.1, 0.15) is 5.56 Å². The Morgan fingerprint density at radius 1 is 0.659 bits per heavy atom. The predicted octanol–water partition coefficient (Wildman–Crippen LogP) is -2.60. The molecule has 2 saturated heterocycles. The molecule has 14 heteroatoms. The van der Waals surface area contributed by atoms with Crippen LogP contribution in [0.3, 0.4) is 0 Å². The smallest absolute Gasteiger partial charge is 0.229 e. The molecule has 0 aromatic heterocycles. The fraction of sp³-hybridized carbons (Fsp3) is 0.444. The number of carbonyl (C=O) groups excluding carboxylic acids is 1. The molecule has 1 aromatic carbocycles. The number of rotatable bonds is 6. The van der Waals surface area contributed by atoms with Crippen LogP contribution in [0, 0.1) is 0 Å². The molecule has 0 bridgehead atoms. The van der Waals surface area contributed by atoms with E-state index in [4.69, 9.17) is 23.7 Å². The zero-order chi connectivity index (χ0) is 29.4. The van der Waals surface area contributed by atoms with E-state index in [0.717, 1.165) is 0 Å². The van der Waals surface area contributed by atoms with Crippen molar-refractivity contribution in [2.45, 2.75) is 61.4 Å². The number of benzene rings is 1. The Morgan fingerprint density at radius 3 is 1.78 bits per heavy atom. The van der Waals surface area contributed by atoms with Crippen LogP contribution in [-0.2, 0) is 14.3 Å². The van der Waals surface area contributed by atoms with Gasteiger partial charge in [0.1, 0.15) is 71.8 Å². The van der Waals surface area contributed by atoms with E-state index in [1.54, 1.807) is 24.3 Å². The van der Waals surface area contributed by atoms with E-state index >= 15 is 0 Å². The van der Waals surface area contributed by atoms with E-state index in [1.807, 2.05) is 0 Å². The van der Waals surface area contributed by atoms with Gasteiger partial charge in [0.15, 0.2) is 5.78 Å². The molecular formula is C27H30O14. The Balaban J connectivity index is 1.49. The van der Waals surface area contributed by atoms with Crippen molar-refractivity contribution in [3.8, 4) is 17.2 Å². The van der Waals surface area contributed by atoms with E-state index in [0.29, 0.717) is 16.9 Å². The summed E-state index contributed by atoms with van der Waals surface area (Å²) in [6.45, 7) is -1.35. The molecule has 0 unspecified atom stereocenters. The lowest BCUT2D eigenvalue weighted by Crippen LogP contribution is -2.60. The number of hydrogen-bond donors (Lipinski definition) is 8. The molecule has 5 rings (SSSR count). The van der Waals surface area contributed by atoms with Crippen molar-refractivity contribution in [3.63, 3.8) is 0 Å². The number of carbonyl (C=O) groups is 1. The first-order chi connectivity index (χ1) is 19.6. The molecule has 0 amide bonds. The lowest BCUT2D eigenvalue weighted by Gasteiger charge is -2.40. The minimum Gasteiger partial charge on any atom is -0.462 e. The first kappa shape index (κ1) is 29.3. The summed E-state index contributed by atoms with van der Waals surface area (Å²) in [7, 11) is 0. The molecule has 41 heavy (non-hydrogen) atoms. The van der Waals surface area contributed by atoms with Crippen LogP contribution in [0.5, 0.6) is 17.2 Å². The summed E-state index contributed by atoms with van der Waals surface area (Å²) in [4.78, 5) is 11.5. The van der Waals surface area contributed by atoms with E-state index in [-0.39, 0.29) is 23.0 Å². The van der Waals surface area contributed by atoms with Gasteiger partial charge in [-0.3, -0.25) is 4.79 Å². The molecule has 10 atom stereocenters. The van der Waals surface area contributed by atoms with Crippen molar-refractivity contribution in [3.05, 3.63) is 59.4 Å². The molecule has 14 nitrogen and oxygen atoms in total. The quantitative estimate of drug-likeness (QED) is 0.173. The number of aliphatic hydroxyl groups is 8. The third-order valence-corrected chi connectivity index (χ3v) is 7.03. The van der Waals surface area contributed by atoms with Gasteiger partial charge in [0, 0.05) is 17.7 Å². The normalized spacial score (nSPS) is 36.6. The zero-order valence-electron chi connectivity index (χ0n) is 21.3. The highest BCUT2D eigenvalue weighted by molar-refractivity contribution is 6.01. The molecule has 4 aliphatic rings. The first-order valence-corrected chi connectivity index (χ1v) is 12.7. The molecule has 2 fully saturated rings. The Morgan fingerprint density at radius 2 is 1.22 bits per heavy atom. The highest BCUT2D eigenvalue weighted by Crippen LogP contribution is 2.42. The minimum absolute atomic E-state index is 0.0170. The minimum atomic E-state index is -1.72. The second-order valence-electron chi connectivity index (χ2n) is 9.79. The van der Waals surface area contributed by atoms with Gasteiger partial charge in [-0.05, 0) is 36.5 Å². The second kappa shape index (κ2) is 12.0. The number of aliphatic hydroxyl groups excluding tert-OH is 8. The summed E-state index contributed by atoms with van der Waals surface area (Å²) in [6, 6.07) is 2.72. The van der Waals surface area contributed by atoms with Crippen LogP contribution in [0.25, 0.3) is 6.08 Å². The van der Waals surface area contributed by atoms with E-state index in [2.05, 4.69) is 0 Å². The first-order valence-electron chi connectivity index (χ1n) is 12.7. The summed E-state index contributed by atoms with van der Waals surface area (Å²) in [5.74, 6) is 0.241. The van der Waals surface area contributed by atoms with Crippen molar-refractivity contribution in [2.75, 3.05) is 13.2 Å². The fourth-order valence-corrected chi connectivity index (χ4v) is 4.67. The van der Waals surface area contributed by atoms with Gasteiger partial charge >= 0.3 is 0 Å². The van der Waals surface area contributed by atoms with Crippen molar-refractivity contribution in [1.82, 2.24) is 0 Å². The number of allylic oxidation sites excluding steroid dienone is 6. The molecule has 8 N–H and O–H groups in total. The Kier molecular flexibility index (Phi) is 8.58. The van der Waals surface area contributed by atoms with Crippen LogP contribution >= 0.6 is 0 Å². The van der Waals surface area contributed by atoms with Crippen LogP contribution in [0.4, 0.5) is 0 Å². The molecule has 1 aliphatic carbocycles. The third kappa shape index (κ3) is 5.80. The Hall–Kier alpha value is -3.15. The fourth-order valence-electron chi connectivity index (χ4n) is 4.67. The molecule has 0 saturated carbocycles. The van der Waals surface area contributed by atoms with E-state index in [1.165, 1.54) is 24.3 Å². The van der Waals surface area contributed by atoms with Gasteiger partial charge in [-0.1, -0.05) is 0 Å². The van der Waals surface area contributed by atoms with Crippen molar-refractivity contribution in [2.24, 2.45) is 0 Å². The van der Waals surface area contributed by atoms with Gasteiger partial charge in [0.25, 0.3) is 0 Å². The zero-order valence-corrected chi connectivity index (χ0v) is 21.3. The number of hydrogen-bond acceptors (Lipinski definition) is 14. The SMILES string of the molecule is O=C1C=CC(=C2C=Cc3c(cc(O[C@@H]4O[C@H](CO)[C@@H](O)[C@H](O)[C@H]4O)cc3O[C@@H]3O[C@H](CO)[C@@H](O)[C@H](O)[C@H]3O)O2)C=C1. The molecule has 3 heterocycles. The maximum atomic E-state index is 11.5. The Bertz CT molecular complexity index is 1250. The summed E-state index contributed by atoms with van der Waals surface area (Å²) < 4.78 is 28.5. The summed E-state index contributed by atoms with van der Waals surface area (Å²) in [5.41, 5.74) is 0.899. The number of ketones is 1. The van der Waals surface area contributed by atoms with Gasteiger partial charge in [0.05, 0.1) is 18.8 Å². The maximum Gasteiger partial charge on any atom is 0.229 e. The number of fused-ring (bicyclic) bond motifs is 1. The largest absolute Gasteiger partial charge is 0.462 e. The van der Waals surface area contributed by atoms with Crippen LogP contribution < -0.4 is 14.2 Å². The van der Waals surface area contributed by atoms with Gasteiger partial charge in [0.2, 0.25) is 12.6 Å². The monoisotopic (exact) mass is 578 g/mol. The van der Waals surface area contributed by atoms with Crippen molar-refractivity contribution in [1.29, 1.82) is 0 Å². The van der Waals surface area contributed by atoms with Gasteiger partial charge in [-0.25, -0.2) is 0 Å². The lowest BCUT2D eigenvalue weighted by molar-refractivity contribution is -0.278. The van der Waals surface area contributed by atoms with Gasteiger partial charge in [-0.15, -0.1) is 0 Å². The average molecular weight is 579 g/mol. The number of ether oxygens (including phenoxy) is 5. The van der Waals surface area contributed by atoms with Crippen molar-refractivity contribution < 1.29 is 69.3 Å². The van der Waals surface area contributed by atoms with Crippen LogP contribution in [0.15, 0.2) is 53.8 Å². The highest BCUT2D eigenvalue weighted by Gasteiger charge is 2.46. The molecule has 0 spiro atoms. The topological polar surface area (TPSA) is 225 Å². The third-order valence-electron chi connectivity index (χ3n) is 7.03. The van der Waals surface area contributed by atoms with Crippen molar-refractivity contribution >= 4 is 11.9 Å². The molecule has 0 radical (unpaired) electrons. The van der Waals surface area contributed by atoms with Crippen LogP contribution in [0.2, 0.25) is 0 Å². The molecule has 3 aliphatic heterocycles. The molecular weight excluding hydrogens is 548 g/mol. The Labute approximate surface area is 232 Å². The average Bonchev–Trinajstić information content (AvgIpc) is 2.97. The van der Waals surface area contributed by atoms with E-state index < -0.39 is 74.6 Å². The van der Waals surface area contributed by atoms with E-state index in [9.17, 15) is 45.6 Å². The van der Waals surface area contributed by atoms with Gasteiger partial charge < -0.3 is 64.5 Å².